The van der Waals surface area contributed by atoms with Crippen molar-refractivity contribution in [3.8, 4) is 29.3 Å². The molecule has 0 amide bonds. The molecule has 5 heteroatoms. The van der Waals surface area contributed by atoms with Crippen LogP contribution in [0.2, 0.25) is 0 Å². The highest BCUT2D eigenvalue weighted by molar-refractivity contribution is 5.95. The third-order valence-electron chi connectivity index (χ3n) is 11.7. The highest BCUT2D eigenvalue weighted by atomic mass is 15.2. The van der Waals surface area contributed by atoms with Crippen LogP contribution >= 0.6 is 0 Å². The van der Waals surface area contributed by atoms with Gasteiger partial charge in [0.1, 0.15) is 0 Å². The van der Waals surface area contributed by atoms with Crippen LogP contribution in [0.15, 0.2) is 115 Å². The van der Waals surface area contributed by atoms with Crippen molar-refractivity contribution in [1.82, 2.24) is 4.57 Å². The van der Waals surface area contributed by atoms with Gasteiger partial charge < -0.3 is 9.47 Å². The SMILES string of the molecule is N#CC1=CC=C(n2c3c(c4cc(C#N)ccc42)C=CCC3)C(C#N)C1c1ccccc1C1CCCC[C@@H]1N1Cc2ccccc2-c2ccccc21. The zero-order chi connectivity index (χ0) is 34.5. The van der Waals surface area contributed by atoms with E-state index in [0.717, 1.165) is 72.1 Å². The van der Waals surface area contributed by atoms with Gasteiger partial charge in [-0.05, 0) is 84.4 Å². The fourth-order valence-corrected chi connectivity index (χ4v) is 9.54. The van der Waals surface area contributed by atoms with Crippen LogP contribution in [-0.4, -0.2) is 10.6 Å². The van der Waals surface area contributed by atoms with Gasteiger partial charge in [0.25, 0.3) is 0 Å². The average molecular weight is 660 g/mol. The summed E-state index contributed by atoms with van der Waals surface area (Å²) in [4.78, 5) is 2.65. The van der Waals surface area contributed by atoms with Gasteiger partial charge in [-0.25, -0.2) is 0 Å². The van der Waals surface area contributed by atoms with Crippen molar-refractivity contribution < 1.29 is 0 Å². The van der Waals surface area contributed by atoms with Gasteiger partial charge in [0.2, 0.25) is 0 Å². The predicted molar refractivity (Wildman–Crippen MR) is 203 cm³/mol. The molecular weight excluding hydrogens is 623 g/mol. The fourth-order valence-electron chi connectivity index (χ4n) is 9.54. The first-order valence-electron chi connectivity index (χ1n) is 18.2. The molecule has 0 saturated heterocycles. The third-order valence-corrected chi connectivity index (χ3v) is 11.7. The van der Waals surface area contributed by atoms with Gasteiger partial charge in [-0.15, -0.1) is 0 Å². The Morgan fingerprint density at radius 1 is 0.745 bits per heavy atom. The molecule has 1 saturated carbocycles. The molecule has 3 unspecified atom stereocenters. The Hall–Kier alpha value is -6.09. The first-order valence-corrected chi connectivity index (χ1v) is 18.2. The van der Waals surface area contributed by atoms with Gasteiger partial charge in [0.05, 0.1) is 35.2 Å². The molecule has 0 spiro atoms. The van der Waals surface area contributed by atoms with Crippen molar-refractivity contribution >= 4 is 28.4 Å². The highest BCUT2D eigenvalue weighted by Crippen LogP contribution is 2.50. The maximum atomic E-state index is 11.1. The molecule has 4 aliphatic rings. The van der Waals surface area contributed by atoms with Gasteiger partial charge in [-0.1, -0.05) is 91.7 Å². The summed E-state index contributed by atoms with van der Waals surface area (Å²) in [6.45, 7) is 0.866. The summed E-state index contributed by atoms with van der Waals surface area (Å²) in [6.07, 6.45) is 14.5. The molecule has 1 aliphatic heterocycles. The number of anilines is 1. The van der Waals surface area contributed by atoms with E-state index in [1.165, 1.54) is 34.4 Å². The molecule has 51 heavy (non-hydrogen) atoms. The van der Waals surface area contributed by atoms with Gasteiger partial charge in [0.15, 0.2) is 0 Å². The number of rotatable bonds is 4. The summed E-state index contributed by atoms with van der Waals surface area (Å²) in [7, 11) is 0. The van der Waals surface area contributed by atoms with Crippen LogP contribution in [0.5, 0.6) is 0 Å². The summed E-state index contributed by atoms with van der Waals surface area (Å²) in [5.74, 6) is -0.730. The van der Waals surface area contributed by atoms with E-state index in [2.05, 4.69) is 113 Å². The number of fused-ring (bicyclic) bond motifs is 6. The van der Waals surface area contributed by atoms with E-state index in [1.54, 1.807) is 0 Å². The van der Waals surface area contributed by atoms with Gasteiger partial charge >= 0.3 is 0 Å². The summed E-state index contributed by atoms with van der Waals surface area (Å²) in [5, 5.41) is 32.5. The standard InChI is InChI=1S/C46H37N5/c47-26-30-21-23-44-39(25-30)37-16-7-10-20-43(37)51(44)45-24-22-31(27-48)46(40(45)28-49)38-17-4-3-13-34(38)36-15-6-9-19-42(36)50-29-32-11-1-2-12-33(32)35-14-5-8-18-41(35)50/h1-5,7-8,11-14,16-18,21-25,36,40,42,46H,6,9-10,15,19-20,29H2/t36?,40?,42-,46?/m0/s1. The van der Waals surface area contributed by atoms with E-state index in [0.29, 0.717) is 11.1 Å². The van der Waals surface area contributed by atoms with Crippen LogP contribution in [-0.2, 0) is 13.0 Å². The van der Waals surface area contributed by atoms with E-state index in [4.69, 9.17) is 0 Å². The number of para-hydroxylation sites is 1. The summed E-state index contributed by atoms with van der Waals surface area (Å²) >= 11 is 0. The fraction of sp³-hybridized carbons (Fsp3) is 0.239. The molecule has 1 aromatic heterocycles. The van der Waals surface area contributed by atoms with Crippen molar-refractivity contribution in [1.29, 1.82) is 15.8 Å². The molecule has 0 bridgehead atoms. The Bertz CT molecular complexity index is 2440. The topological polar surface area (TPSA) is 79.5 Å². The minimum absolute atomic E-state index is 0.247. The summed E-state index contributed by atoms with van der Waals surface area (Å²) in [6, 6.07) is 39.9. The molecular formula is C46H37N5. The number of nitrogens with zero attached hydrogens (tertiary/aromatic N) is 5. The number of nitriles is 3. The van der Waals surface area contributed by atoms with Crippen molar-refractivity contribution in [2.24, 2.45) is 5.92 Å². The molecule has 1 fully saturated rings. The monoisotopic (exact) mass is 659 g/mol. The lowest BCUT2D eigenvalue weighted by atomic mass is 9.70. The number of hydrogen-bond acceptors (Lipinski definition) is 4. The van der Waals surface area contributed by atoms with Crippen LogP contribution in [0.4, 0.5) is 5.69 Å². The molecule has 0 radical (unpaired) electrons. The van der Waals surface area contributed by atoms with E-state index >= 15 is 0 Å². The number of aromatic nitrogens is 1. The molecule has 3 aliphatic carbocycles. The summed E-state index contributed by atoms with van der Waals surface area (Å²) in [5.41, 5.74) is 13.0. The molecule has 0 N–H and O–H groups in total. The molecule has 9 rings (SSSR count). The average Bonchev–Trinajstić information content (AvgIpc) is 3.53. The Morgan fingerprint density at radius 3 is 2.37 bits per heavy atom. The largest absolute Gasteiger partial charge is 0.363 e. The number of benzene rings is 4. The molecule has 246 valence electrons. The third kappa shape index (κ3) is 4.94. The first-order chi connectivity index (χ1) is 25.2. The lowest BCUT2D eigenvalue weighted by molar-refractivity contribution is 0.359. The zero-order valence-electron chi connectivity index (χ0n) is 28.5. The normalized spacial score (nSPS) is 22.0. The molecule has 4 aromatic carbocycles. The molecule has 5 aromatic rings. The maximum absolute atomic E-state index is 11.1. The maximum Gasteiger partial charge on any atom is 0.0991 e. The van der Waals surface area contributed by atoms with Crippen molar-refractivity contribution in [3.05, 3.63) is 148 Å². The minimum atomic E-state index is -0.573. The lowest BCUT2D eigenvalue weighted by Gasteiger charge is -2.45. The van der Waals surface area contributed by atoms with Crippen LogP contribution in [0.3, 0.4) is 0 Å². The highest BCUT2D eigenvalue weighted by Gasteiger charge is 2.40. The smallest absolute Gasteiger partial charge is 0.0991 e. The van der Waals surface area contributed by atoms with Crippen LogP contribution < -0.4 is 4.90 Å². The van der Waals surface area contributed by atoms with Crippen LogP contribution in [0, 0.1) is 39.9 Å². The Kier molecular flexibility index (Phi) is 7.68. The minimum Gasteiger partial charge on any atom is -0.363 e. The van der Waals surface area contributed by atoms with Crippen molar-refractivity contribution in [2.45, 2.75) is 62.9 Å². The summed E-state index contributed by atoms with van der Waals surface area (Å²) < 4.78 is 2.26. The van der Waals surface area contributed by atoms with E-state index in [1.807, 2.05) is 30.4 Å². The molecule has 5 nitrogen and oxygen atoms in total. The van der Waals surface area contributed by atoms with E-state index < -0.39 is 11.8 Å². The van der Waals surface area contributed by atoms with Crippen LogP contribution in [0.25, 0.3) is 33.8 Å². The van der Waals surface area contributed by atoms with Crippen molar-refractivity contribution in [3.63, 3.8) is 0 Å². The first kappa shape index (κ1) is 30.9. The Morgan fingerprint density at radius 2 is 1.53 bits per heavy atom. The van der Waals surface area contributed by atoms with Gasteiger partial charge in [-0.3, -0.25) is 0 Å². The molecule has 4 atom stereocenters. The predicted octanol–water partition coefficient (Wildman–Crippen LogP) is 10.4. The van der Waals surface area contributed by atoms with E-state index in [-0.39, 0.29) is 12.0 Å². The number of allylic oxidation sites excluding steroid dienone is 5. The molecule has 2 heterocycles. The Labute approximate surface area is 299 Å². The lowest BCUT2D eigenvalue weighted by Crippen LogP contribution is -2.43. The second-order valence-corrected chi connectivity index (χ2v) is 14.3. The van der Waals surface area contributed by atoms with Crippen molar-refractivity contribution in [2.75, 3.05) is 4.90 Å². The van der Waals surface area contributed by atoms with Crippen LogP contribution in [0.1, 0.15) is 77.5 Å². The Balaban J connectivity index is 1.16. The second kappa shape index (κ2) is 12.7. The zero-order valence-corrected chi connectivity index (χ0v) is 28.5. The van der Waals surface area contributed by atoms with E-state index in [9.17, 15) is 15.8 Å². The quantitative estimate of drug-likeness (QED) is 0.192. The van der Waals surface area contributed by atoms with Gasteiger partial charge in [-0.2, -0.15) is 15.8 Å². The van der Waals surface area contributed by atoms with Gasteiger partial charge in [0, 0.05) is 63.6 Å². The second-order valence-electron chi connectivity index (χ2n) is 14.3. The number of hydrogen-bond donors (Lipinski definition) is 0.